The molecule has 0 N–H and O–H groups in total. The molecule has 0 aromatic heterocycles. The van der Waals surface area contributed by atoms with Gasteiger partial charge < -0.3 is 14.2 Å². The highest BCUT2D eigenvalue weighted by atomic mass is 16.5. The number of rotatable bonds is 7. The zero-order valence-electron chi connectivity index (χ0n) is 22.0. The van der Waals surface area contributed by atoms with Crippen LogP contribution in [0.1, 0.15) is 31.8 Å². The lowest BCUT2D eigenvalue weighted by Crippen LogP contribution is -2.29. The van der Waals surface area contributed by atoms with Gasteiger partial charge in [-0.25, -0.2) is 4.90 Å². The Bertz CT molecular complexity index is 1710. The second kappa shape index (κ2) is 10.4. The first kappa shape index (κ1) is 24.9. The summed E-state index contributed by atoms with van der Waals surface area (Å²) in [6.45, 7) is 4.02. The first-order valence-corrected chi connectivity index (χ1v) is 12.8. The zero-order chi connectivity index (χ0) is 27.6. The van der Waals surface area contributed by atoms with E-state index in [1.807, 2.05) is 80.6 Å². The lowest BCUT2D eigenvalue weighted by atomic mass is 10.1. The third kappa shape index (κ3) is 5.15. The Hall–Kier alpha value is -5.36. The topological polar surface area (TPSA) is 65.1 Å². The summed E-state index contributed by atoms with van der Waals surface area (Å²) in [7, 11) is 0. The SMILES string of the molecule is Cc1ccc(Oc2cccc(Oc3ccc(N4C(=O)c5ccc(Oc6ccc(C)cc6)cc5C4=O)cc3)c2)cc1. The lowest BCUT2D eigenvalue weighted by molar-refractivity contribution is 0.0926. The maximum absolute atomic E-state index is 13.2. The molecule has 0 aliphatic carbocycles. The van der Waals surface area contributed by atoms with Crippen LogP contribution in [0, 0.1) is 13.8 Å². The van der Waals surface area contributed by atoms with Crippen molar-refractivity contribution in [1.29, 1.82) is 0 Å². The first-order valence-electron chi connectivity index (χ1n) is 12.8. The Kier molecular flexibility index (Phi) is 6.50. The lowest BCUT2D eigenvalue weighted by Gasteiger charge is -2.15. The van der Waals surface area contributed by atoms with Gasteiger partial charge in [0.05, 0.1) is 16.8 Å². The summed E-state index contributed by atoms with van der Waals surface area (Å²) in [5.41, 5.74) is 3.38. The van der Waals surface area contributed by atoms with Gasteiger partial charge in [-0.15, -0.1) is 0 Å². The second-order valence-corrected chi connectivity index (χ2v) is 9.55. The van der Waals surface area contributed by atoms with Gasteiger partial charge in [-0.05, 0) is 92.7 Å². The maximum atomic E-state index is 13.2. The van der Waals surface area contributed by atoms with Gasteiger partial charge in [-0.3, -0.25) is 9.59 Å². The van der Waals surface area contributed by atoms with Crippen LogP contribution in [-0.2, 0) is 0 Å². The van der Waals surface area contributed by atoms with Crippen LogP contribution in [0.3, 0.4) is 0 Å². The average molecular weight is 528 g/mol. The third-order valence-corrected chi connectivity index (χ3v) is 6.51. The molecule has 6 nitrogen and oxygen atoms in total. The van der Waals surface area contributed by atoms with Crippen LogP contribution in [-0.4, -0.2) is 11.8 Å². The summed E-state index contributed by atoms with van der Waals surface area (Å²) < 4.78 is 17.8. The largest absolute Gasteiger partial charge is 0.457 e. The Morgan fingerprint density at radius 1 is 0.450 bits per heavy atom. The minimum atomic E-state index is -0.399. The van der Waals surface area contributed by atoms with Crippen molar-refractivity contribution in [2.45, 2.75) is 13.8 Å². The molecular formula is C34H25NO5. The van der Waals surface area contributed by atoms with Crippen molar-refractivity contribution in [2.75, 3.05) is 4.90 Å². The molecule has 0 radical (unpaired) electrons. The molecule has 0 fully saturated rings. The van der Waals surface area contributed by atoms with Gasteiger partial charge >= 0.3 is 0 Å². The smallest absolute Gasteiger partial charge is 0.266 e. The van der Waals surface area contributed by atoms with E-state index in [2.05, 4.69) is 0 Å². The fourth-order valence-corrected chi connectivity index (χ4v) is 4.40. The standard InChI is InChI=1S/C34H25NO5/c1-22-6-12-25(13-7-22)38-28-4-3-5-29(20-28)39-27-16-10-24(11-17-27)35-33(36)31-19-18-30(21-32(31)34(35)37)40-26-14-8-23(2)9-15-26/h3-21H,1-2H3. The highest BCUT2D eigenvalue weighted by molar-refractivity contribution is 6.34. The van der Waals surface area contributed by atoms with Crippen LogP contribution >= 0.6 is 0 Å². The van der Waals surface area contributed by atoms with Gasteiger partial charge in [0, 0.05) is 6.07 Å². The van der Waals surface area contributed by atoms with Crippen LogP contribution < -0.4 is 19.1 Å². The summed E-state index contributed by atoms with van der Waals surface area (Å²) in [5, 5.41) is 0. The number of benzene rings is 5. The van der Waals surface area contributed by atoms with Crippen LogP contribution in [0.2, 0.25) is 0 Å². The number of nitrogens with zero attached hydrogens (tertiary/aromatic N) is 1. The van der Waals surface area contributed by atoms with Crippen molar-refractivity contribution in [3.63, 3.8) is 0 Å². The molecule has 0 unspecified atom stereocenters. The zero-order valence-corrected chi connectivity index (χ0v) is 22.0. The number of carbonyl (C=O) groups is 2. The van der Waals surface area contributed by atoms with Crippen molar-refractivity contribution in [3.05, 3.63) is 138 Å². The normalized spacial score (nSPS) is 12.3. The predicted molar refractivity (Wildman–Crippen MR) is 153 cm³/mol. The predicted octanol–water partition coefficient (Wildman–Crippen LogP) is 8.48. The highest BCUT2D eigenvalue weighted by Crippen LogP contribution is 2.34. The fourth-order valence-electron chi connectivity index (χ4n) is 4.40. The van der Waals surface area contributed by atoms with Crippen molar-refractivity contribution in [1.82, 2.24) is 0 Å². The summed E-state index contributed by atoms with van der Waals surface area (Å²) in [6.07, 6.45) is 0. The molecule has 2 amide bonds. The number of ether oxygens (including phenoxy) is 3. The summed E-state index contributed by atoms with van der Waals surface area (Å²) >= 11 is 0. The number of aryl methyl sites for hydroxylation is 2. The van der Waals surface area contributed by atoms with E-state index in [1.165, 1.54) is 4.90 Å². The fraction of sp³-hybridized carbons (Fsp3) is 0.0588. The molecule has 0 bridgehead atoms. The van der Waals surface area contributed by atoms with E-state index < -0.39 is 5.91 Å². The van der Waals surface area contributed by atoms with E-state index >= 15 is 0 Å². The minimum absolute atomic E-state index is 0.306. The van der Waals surface area contributed by atoms with Crippen molar-refractivity contribution >= 4 is 17.5 Å². The van der Waals surface area contributed by atoms with Gasteiger partial charge in [-0.2, -0.15) is 0 Å². The van der Waals surface area contributed by atoms with Gasteiger partial charge in [0.2, 0.25) is 0 Å². The van der Waals surface area contributed by atoms with E-state index in [-0.39, 0.29) is 5.91 Å². The Balaban J connectivity index is 1.15. The van der Waals surface area contributed by atoms with Crippen molar-refractivity contribution < 1.29 is 23.8 Å². The molecule has 0 spiro atoms. The summed E-state index contributed by atoms with van der Waals surface area (Å²) in [5.74, 6) is 2.91. The van der Waals surface area contributed by atoms with E-state index in [0.29, 0.717) is 45.6 Å². The average Bonchev–Trinajstić information content (AvgIpc) is 3.21. The molecule has 5 aromatic carbocycles. The number of hydrogen-bond donors (Lipinski definition) is 0. The molecule has 40 heavy (non-hydrogen) atoms. The Morgan fingerprint density at radius 2 is 0.875 bits per heavy atom. The van der Waals surface area contributed by atoms with Gasteiger partial charge in [0.1, 0.15) is 34.5 Å². The molecule has 5 aromatic rings. The maximum Gasteiger partial charge on any atom is 0.266 e. The molecule has 0 saturated carbocycles. The molecule has 1 aliphatic heterocycles. The number of carbonyl (C=O) groups excluding carboxylic acids is 2. The Morgan fingerprint density at radius 3 is 1.40 bits per heavy atom. The van der Waals surface area contributed by atoms with Crippen LogP contribution in [0.5, 0.6) is 34.5 Å². The van der Waals surface area contributed by atoms with Crippen molar-refractivity contribution in [3.8, 4) is 34.5 Å². The molecule has 6 rings (SSSR count). The van der Waals surface area contributed by atoms with E-state index in [1.54, 1.807) is 48.5 Å². The van der Waals surface area contributed by atoms with Crippen LogP contribution in [0.4, 0.5) is 5.69 Å². The molecule has 196 valence electrons. The van der Waals surface area contributed by atoms with Crippen molar-refractivity contribution in [2.24, 2.45) is 0 Å². The number of imide groups is 1. The van der Waals surface area contributed by atoms with Gasteiger partial charge in [-0.1, -0.05) is 41.5 Å². The number of fused-ring (bicyclic) bond motifs is 1. The molecule has 0 atom stereocenters. The van der Waals surface area contributed by atoms with Gasteiger partial charge in [0.15, 0.2) is 0 Å². The second-order valence-electron chi connectivity index (χ2n) is 9.55. The summed E-state index contributed by atoms with van der Waals surface area (Å²) in [4.78, 5) is 27.5. The van der Waals surface area contributed by atoms with Crippen LogP contribution in [0.15, 0.2) is 115 Å². The van der Waals surface area contributed by atoms with E-state index in [4.69, 9.17) is 14.2 Å². The number of hydrogen-bond acceptors (Lipinski definition) is 5. The minimum Gasteiger partial charge on any atom is -0.457 e. The molecular weight excluding hydrogens is 502 g/mol. The first-order chi connectivity index (χ1) is 19.4. The van der Waals surface area contributed by atoms with Crippen LogP contribution in [0.25, 0.3) is 0 Å². The Labute approximate surface area is 232 Å². The molecule has 1 heterocycles. The molecule has 0 saturated heterocycles. The molecule has 1 aliphatic rings. The van der Waals surface area contributed by atoms with E-state index in [9.17, 15) is 9.59 Å². The van der Waals surface area contributed by atoms with Gasteiger partial charge in [0.25, 0.3) is 11.8 Å². The monoisotopic (exact) mass is 527 g/mol. The number of anilines is 1. The summed E-state index contributed by atoms with van der Waals surface area (Å²) in [6, 6.07) is 34.5. The number of amides is 2. The third-order valence-electron chi connectivity index (χ3n) is 6.51. The van der Waals surface area contributed by atoms with E-state index in [0.717, 1.165) is 16.9 Å². The molecule has 6 heteroatoms. The highest BCUT2D eigenvalue weighted by Gasteiger charge is 2.37. The quantitative estimate of drug-likeness (QED) is 0.199.